The third-order valence-corrected chi connectivity index (χ3v) is 5.92. The molecule has 0 spiro atoms. The van der Waals surface area contributed by atoms with Gasteiger partial charge in [-0.2, -0.15) is 0 Å². The molecule has 0 radical (unpaired) electrons. The molecule has 2 aromatic rings. The zero-order chi connectivity index (χ0) is 24.0. The molecule has 7 nitrogen and oxygen atoms in total. The van der Waals surface area contributed by atoms with Crippen LogP contribution in [-0.4, -0.2) is 54.9 Å². The predicted octanol–water partition coefficient (Wildman–Crippen LogP) is 3.18. The van der Waals surface area contributed by atoms with Crippen molar-refractivity contribution in [3.63, 3.8) is 0 Å². The van der Waals surface area contributed by atoms with Gasteiger partial charge in [-0.15, -0.1) is 0 Å². The van der Waals surface area contributed by atoms with Gasteiger partial charge in [-0.25, -0.2) is 0 Å². The fraction of sp³-hybridized carbons (Fsp3) is 0.423. The van der Waals surface area contributed by atoms with Crippen molar-refractivity contribution < 1.29 is 19.1 Å². The first-order valence-electron chi connectivity index (χ1n) is 11.4. The Labute approximate surface area is 195 Å². The predicted molar refractivity (Wildman–Crippen MR) is 127 cm³/mol. The van der Waals surface area contributed by atoms with E-state index in [1.54, 1.807) is 31.4 Å². The smallest absolute Gasteiger partial charge is 0.253 e. The summed E-state index contributed by atoms with van der Waals surface area (Å²) in [7, 11) is 1.57. The molecule has 176 valence electrons. The number of methoxy groups -OCH3 is 1. The van der Waals surface area contributed by atoms with Gasteiger partial charge in [-0.05, 0) is 75.9 Å². The highest BCUT2D eigenvalue weighted by Crippen LogP contribution is 2.23. The highest BCUT2D eigenvalue weighted by atomic mass is 16.5. The van der Waals surface area contributed by atoms with Crippen LogP contribution in [0.25, 0.3) is 0 Å². The normalized spacial score (nSPS) is 15.1. The van der Waals surface area contributed by atoms with Gasteiger partial charge in [0.15, 0.2) is 0 Å². The highest BCUT2D eigenvalue weighted by molar-refractivity contribution is 5.98. The summed E-state index contributed by atoms with van der Waals surface area (Å²) in [5.41, 5.74) is 2.18. The lowest BCUT2D eigenvalue weighted by molar-refractivity contribution is -0.125. The number of rotatable bonds is 7. The largest absolute Gasteiger partial charge is 0.497 e. The number of likely N-dealkylation sites (tertiary alicyclic amines) is 1. The van der Waals surface area contributed by atoms with Crippen LogP contribution in [0.2, 0.25) is 0 Å². The second kappa shape index (κ2) is 11.0. The molecular weight excluding hydrogens is 418 g/mol. The van der Waals surface area contributed by atoms with E-state index >= 15 is 0 Å². The minimum absolute atomic E-state index is 0.00241. The maximum Gasteiger partial charge on any atom is 0.253 e. The van der Waals surface area contributed by atoms with Crippen LogP contribution in [0.15, 0.2) is 48.5 Å². The summed E-state index contributed by atoms with van der Waals surface area (Å²) in [4.78, 5) is 40.6. The van der Waals surface area contributed by atoms with Crippen molar-refractivity contribution in [1.82, 2.24) is 15.5 Å². The molecule has 1 fully saturated rings. The molecule has 3 rings (SSSR count). The number of carbonyl (C=O) groups is 3. The number of hydrogen-bond donors (Lipinski definition) is 2. The van der Waals surface area contributed by atoms with E-state index in [4.69, 9.17) is 4.74 Å². The molecule has 7 heteroatoms. The Balaban J connectivity index is 1.69. The second-order valence-electron chi connectivity index (χ2n) is 8.84. The fourth-order valence-electron chi connectivity index (χ4n) is 4.14. The van der Waals surface area contributed by atoms with Crippen LogP contribution in [0.5, 0.6) is 5.75 Å². The van der Waals surface area contributed by atoms with Crippen LogP contribution in [0.4, 0.5) is 0 Å². The minimum Gasteiger partial charge on any atom is -0.497 e. The Bertz CT molecular complexity index is 979. The SMILES string of the molecule is COc1ccc(C(=O)NC(C(=O)NC(C)C)C2CCN(C(=O)c3cccc(C)c3)CC2)cc1. The van der Waals surface area contributed by atoms with Crippen molar-refractivity contribution in [2.75, 3.05) is 20.2 Å². The Morgan fingerprint density at radius 3 is 2.21 bits per heavy atom. The lowest BCUT2D eigenvalue weighted by Gasteiger charge is -2.36. The molecule has 1 heterocycles. The number of aryl methyl sites for hydroxylation is 1. The van der Waals surface area contributed by atoms with Crippen LogP contribution < -0.4 is 15.4 Å². The molecule has 0 bridgehead atoms. The molecule has 1 unspecified atom stereocenters. The summed E-state index contributed by atoms with van der Waals surface area (Å²) in [6.45, 7) is 6.84. The molecule has 0 saturated carbocycles. The molecule has 2 N–H and O–H groups in total. The molecule has 1 saturated heterocycles. The first-order chi connectivity index (χ1) is 15.8. The zero-order valence-corrected chi connectivity index (χ0v) is 19.8. The van der Waals surface area contributed by atoms with E-state index in [1.807, 2.05) is 49.9 Å². The van der Waals surface area contributed by atoms with Crippen molar-refractivity contribution in [2.24, 2.45) is 5.92 Å². The lowest BCUT2D eigenvalue weighted by atomic mass is 9.88. The number of amides is 3. The summed E-state index contributed by atoms with van der Waals surface area (Å²) in [5, 5.41) is 5.86. The quantitative estimate of drug-likeness (QED) is 0.677. The van der Waals surface area contributed by atoms with Gasteiger partial charge < -0.3 is 20.3 Å². The first kappa shape index (κ1) is 24.3. The first-order valence-corrected chi connectivity index (χ1v) is 11.4. The number of piperidine rings is 1. The average Bonchev–Trinajstić information content (AvgIpc) is 2.81. The molecule has 1 aliphatic rings. The van der Waals surface area contributed by atoms with Crippen molar-refractivity contribution in [1.29, 1.82) is 0 Å². The van der Waals surface area contributed by atoms with Crippen LogP contribution in [0.1, 0.15) is 53.0 Å². The maximum absolute atomic E-state index is 13.0. The van der Waals surface area contributed by atoms with Gasteiger partial charge in [0.05, 0.1) is 7.11 Å². The van der Waals surface area contributed by atoms with Gasteiger partial charge in [0.2, 0.25) is 5.91 Å². The summed E-state index contributed by atoms with van der Waals surface area (Å²) in [6, 6.07) is 13.6. The third kappa shape index (κ3) is 6.34. The molecule has 3 amide bonds. The van der Waals surface area contributed by atoms with Crippen LogP contribution in [0.3, 0.4) is 0 Å². The van der Waals surface area contributed by atoms with E-state index < -0.39 is 6.04 Å². The zero-order valence-electron chi connectivity index (χ0n) is 19.8. The van der Waals surface area contributed by atoms with Crippen LogP contribution in [0, 0.1) is 12.8 Å². The summed E-state index contributed by atoms with van der Waals surface area (Å²) < 4.78 is 5.15. The molecule has 1 atom stereocenters. The summed E-state index contributed by atoms with van der Waals surface area (Å²) in [5.74, 6) is 0.0940. The number of nitrogens with zero attached hydrogens (tertiary/aromatic N) is 1. The van der Waals surface area contributed by atoms with Crippen molar-refractivity contribution >= 4 is 17.7 Å². The van der Waals surface area contributed by atoms with E-state index in [-0.39, 0.29) is 29.7 Å². The van der Waals surface area contributed by atoms with Crippen molar-refractivity contribution in [2.45, 2.75) is 45.7 Å². The third-order valence-electron chi connectivity index (χ3n) is 5.92. The number of carbonyl (C=O) groups excluding carboxylic acids is 3. The van der Waals surface area contributed by atoms with E-state index in [9.17, 15) is 14.4 Å². The van der Waals surface area contributed by atoms with Gasteiger partial charge in [-0.1, -0.05) is 17.7 Å². The van der Waals surface area contributed by atoms with E-state index in [0.717, 1.165) is 5.56 Å². The fourth-order valence-corrected chi connectivity index (χ4v) is 4.14. The topological polar surface area (TPSA) is 87.7 Å². The van der Waals surface area contributed by atoms with Crippen molar-refractivity contribution in [3.05, 3.63) is 65.2 Å². The molecular formula is C26H33N3O4. The Kier molecular flexibility index (Phi) is 8.09. The summed E-state index contributed by atoms with van der Waals surface area (Å²) >= 11 is 0. The molecule has 1 aliphatic heterocycles. The van der Waals surface area contributed by atoms with Gasteiger partial charge >= 0.3 is 0 Å². The molecule has 2 aromatic carbocycles. The van der Waals surface area contributed by atoms with Gasteiger partial charge in [0.1, 0.15) is 11.8 Å². The van der Waals surface area contributed by atoms with Gasteiger partial charge in [0, 0.05) is 30.3 Å². The monoisotopic (exact) mass is 451 g/mol. The minimum atomic E-state index is -0.668. The van der Waals surface area contributed by atoms with E-state index in [0.29, 0.717) is 42.8 Å². The molecule has 0 aromatic heterocycles. The number of ether oxygens (including phenoxy) is 1. The van der Waals surface area contributed by atoms with Crippen molar-refractivity contribution in [3.8, 4) is 5.75 Å². The van der Waals surface area contributed by atoms with Gasteiger partial charge in [-0.3, -0.25) is 14.4 Å². The van der Waals surface area contributed by atoms with E-state index in [2.05, 4.69) is 10.6 Å². The Hall–Kier alpha value is -3.35. The Morgan fingerprint density at radius 2 is 1.64 bits per heavy atom. The lowest BCUT2D eigenvalue weighted by Crippen LogP contribution is -2.54. The van der Waals surface area contributed by atoms with Crippen LogP contribution >= 0.6 is 0 Å². The second-order valence-corrected chi connectivity index (χ2v) is 8.84. The summed E-state index contributed by atoms with van der Waals surface area (Å²) in [6.07, 6.45) is 1.27. The standard InChI is InChI=1S/C26H33N3O4/c1-17(2)27-25(31)23(28-24(30)20-8-10-22(33-4)11-9-20)19-12-14-29(15-13-19)26(32)21-7-5-6-18(3)16-21/h5-11,16-17,19,23H,12-15H2,1-4H3,(H,27,31)(H,28,30). The Morgan fingerprint density at radius 1 is 0.970 bits per heavy atom. The van der Waals surface area contributed by atoms with E-state index in [1.165, 1.54) is 0 Å². The average molecular weight is 452 g/mol. The number of hydrogen-bond acceptors (Lipinski definition) is 4. The molecule has 33 heavy (non-hydrogen) atoms. The number of nitrogens with one attached hydrogen (secondary N) is 2. The van der Waals surface area contributed by atoms with Crippen LogP contribution in [-0.2, 0) is 4.79 Å². The van der Waals surface area contributed by atoms with Gasteiger partial charge in [0.25, 0.3) is 11.8 Å². The maximum atomic E-state index is 13.0. The highest BCUT2D eigenvalue weighted by Gasteiger charge is 2.34. The number of benzene rings is 2. The molecule has 0 aliphatic carbocycles.